The van der Waals surface area contributed by atoms with Crippen LogP contribution in [-0.2, 0) is 74.0 Å². The lowest BCUT2D eigenvalue weighted by atomic mass is 9.90. The number of hydrogen-bond acceptors (Lipinski definition) is 18. The molecular formula is C126H128F4O20. The Bertz CT molecular complexity index is 6500. The van der Waals surface area contributed by atoms with Crippen LogP contribution in [0.3, 0.4) is 0 Å². The van der Waals surface area contributed by atoms with Crippen LogP contribution in [0.25, 0.3) is 66.8 Å². The minimum atomic E-state index is -0.772. The molecule has 4 atom stereocenters. The van der Waals surface area contributed by atoms with Crippen LogP contribution in [0.2, 0.25) is 0 Å². The van der Waals surface area contributed by atoms with Crippen LogP contribution in [0.5, 0.6) is 46.0 Å². The van der Waals surface area contributed by atoms with Gasteiger partial charge in [-0.25, -0.2) is 17.6 Å². The van der Waals surface area contributed by atoms with Crippen molar-refractivity contribution < 1.29 is 113 Å². The molecule has 20 rings (SSSR count). The molecule has 12 aromatic carbocycles. The number of methoxy groups -OCH3 is 6. The van der Waals surface area contributed by atoms with E-state index in [1.54, 1.807) is 77.0 Å². The number of benzene rings is 12. The van der Waals surface area contributed by atoms with E-state index in [2.05, 4.69) is 60.7 Å². The second-order valence-corrected chi connectivity index (χ2v) is 39.1. The molecule has 2 N–H and O–H groups in total. The van der Waals surface area contributed by atoms with Crippen LogP contribution in [0.4, 0.5) is 17.6 Å². The number of carbonyl (C=O) groups excluding carboxylic acids is 2. The van der Waals surface area contributed by atoms with E-state index >= 15 is 0 Å². The highest BCUT2D eigenvalue weighted by atomic mass is 19.1. The molecule has 20 nitrogen and oxygen atoms in total. The molecule has 0 saturated heterocycles. The summed E-state index contributed by atoms with van der Waals surface area (Å²) in [7, 11) is 9.17. The minimum Gasteiger partial charge on any atom is -0.497 e. The number of hydrogen-bond donors (Lipinski definition) is 2. The first-order valence-electron chi connectivity index (χ1n) is 51.6. The molecule has 4 saturated carbocycles. The highest BCUT2D eigenvalue weighted by Crippen LogP contribution is 2.51. The van der Waals surface area contributed by atoms with E-state index < -0.39 is 11.9 Å². The predicted octanol–water partition coefficient (Wildman–Crippen LogP) is 27.6. The summed E-state index contributed by atoms with van der Waals surface area (Å²) >= 11 is 0. The fourth-order valence-electron chi connectivity index (χ4n) is 20.3. The zero-order chi connectivity index (χ0) is 105. The van der Waals surface area contributed by atoms with E-state index in [9.17, 15) is 47.0 Å². The predicted molar refractivity (Wildman–Crippen MR) is 570 cm³/mol. The van der Waals surface area contributed by atoms with Crippen LogP contribution in [0.15, 0.2) is 267 Å². The molecule has 4 aliphatic carbocycles. The Balaban J connectivity index is 0.000000136. The largest absolute Gasteiger partial charge is 0.497 e. The topological polar surface area (TPSA) is 238 Å². The number of ether oxygens (including phenoxy) is 14. The third kappa shape index (κ3) is 28.7. The molecular weight excluding hydrogens is 1910 g/mol. The zero-order valence-electron chi connectivity index (χ0n) is 85.6. The van der Waals surface area contributed by atoms with E-state index in [1.165, 1.54) is 38.5 Å². The van der Waals surface area contributed by atoms with Crippen molar-refractivity contribution in [3.05, 3.63) is 357 Å². The molecule has 0 spiro atoms. The zero-order valence-corrected chi connectivity index (χ0v) is 85.6. The second-order valence-electron chi connectivity index (χ2n) is 39.1. The normalized spacial score (nSPS) is 16.0. The van der Waals surface area contributed by atoms with Gasteiger partial charge in [0.25, 0.3) is 0 Å². The van der Waals surface area contributed by atoms with E-state index in [1.807, 2.05) is 133 Å². The number of esters is 2. The lowest BCUT2D eigenvalue weighted by Gasteiger charge is -2.20. The minimum absolute atomic E-state index is 0.0187. The van der Waals surface area contributed by atoms with Crippen molar-refractivity contribution in [3.63, 3.8) is 0 Å². The first kappa shape index (κ1) is 107. The van der Waals surface area contributed by atoms with Crippen molar-refractivity contribution in [1.82, 2.24) is 0 Å². The number of aliphatic carboxylic acids is 2. The maximum absolute atomic E-state index is 14.9. The van der Waals surface area contributed by atoms with E-state index in [0.29, 0.717) is 173 Å². The quantitative estimate of drug-likeness (QED) is 0.0268. The molecule has 0 amide bonds. The van der Waals surface area contributed by atoms with Crippen LogP contribution in [-0.4, -0.2) is 130 Å². The molecule has 4 fully saturated rings. The second kappa shape index (κ2) is 51.6. The van der Waals surface area contributed by atoms with Gasteiger partial charge in [0.2, 0.25) is 0 Å². The van der Waals surface area contributed by atoms with Gasteiger partial charge in [0.15, 0.2) is 0 Å². The average Bonchev–Trinajstić information content (AvgIpc) is 1.06. The van der Waals surface area contributed by atoms with Crippen molar-refractivity contribution in [2.45, 2.75) is 153 Å². The summed E-state index contributed by atoms with van der Waals surface area (Å²) in [6, 6.07) is 74.7. The summed E-state index contributed by atoms with van der Waals surface area (Å²) in [5, 5.41) is 18.7. The number of carboxylic acids is 2. The summed E-state index contributed by atoms with van der Waals surface area (Å²) in [5.41, 5.74) is 21.7. The third-order valence-electron chi connectivity index (χ3n) is 29.0. The van der Waals surface area contributed by atoms with E-state index in [-0.39, 0.29) is 71.7 Å². The molecule has 150 heavy (non-hydrogen) atoms. The van der Waals surface area contributed by atoms with Crippen molar-refractivity contribution in [2.24, 2.45) is 23.7 Å². The van der Waals surface area contributed by atoms with Gasteiger partial charge in [-0.15, -0.1) is 0 Å². The summed E-state index contributed by atoms with van der Waals surface area (Å²) in [6.45, 7) is 6.06. The molecule has 0 unspecified atom stereocenters. The summed E-state index contributed by atoms with van der Waals surface area (Å²) < 4.78 is 138. The lowest BCUT2D eigenvalue weighted by molar-refractivity contribution is -0.142. The van der Waals surface area contributed by atoms with Gasteiger partial charge >= 0.3 is 23.9 Å². The van der Waals surface area contributed by atoms with Gasteiger partial charge in [0.1, 0.15) is 95.7 Å². The van der Waals surface area contributed by atoms with E-state index in [0.717, 1.165) is 200 Å². The molecule has 4 heterocycles. The summed E-state index contributed by atoms with van der Waals surface area (Å²) in [5.74, 6) is 4.49. The molecule has 12 aromatic rings. The van der Waals surface area contributed by atoms with Crippen molar-refractivity contribution in [2.75, 3.05) is 95.5 Å². The van der Waals surface area contributed by atoms with Crippen LogP contribution < -0.4 is 37.9 Å². The van der Waals surface area contributed by atoms with Crippen LogP contribution >= 0.6 is 0 Å². The molecule has 780 valence electrons. The fraction of sp³-hybridized carbons (Fsp3) is 0.333. The molecule has 0 aromatic heterocycles. The summed E-state index contributed by atoms with van der Waals surface area (Å²) in [6.07, 6.45) is 21.1. The van der Waals surface area contributed by atoms with Crippen LogP contribution in [0.1, 0.15) is 193 Å². The van der Waals surface area contributed by atoms with Gasteiger partial charge in [0, 0.05) is 22.3 Å². The highest BCUT2D eigenvalue weighted by Gasteiger charge is 2.39. The number of halogens is 4. The average molecular weight is 2040 g/mol. The maximum atomic E-state index is 14.9. The Labute approximate surface area is 873 Å². The first-order valence-corrected chi connectivity index (χ1v) is 51.6. The molecule has 0 radical (unpaired) electrons. The number of carbonyl (C=O) groups is 4. The van der Waals surface area contributed by atoms with Crippen molar-refractivity contribution >= 4 is 46.2 Å². The molecule has 24 heteroatoms. The maximum Gasteiger partial charge on any atom is 0.306 e. The molecule has 0 bridgehead atoms. The Morgan fingerprint density at radius 1 is 0.273 bits per heavy atom. The van der Waals surface area contributed by atoms with Crippen molar-refractivity contribution in [1.29, 1.82) is 0 Å². The number of carboxylic acid groups (broad SMARTS) is 2. The summed E-state index contributed by atoms with van der Waals surface area (Å²) in [4.78, 5) is 46.7. The van der Waals surface area contributed by atoms with Gasteiger partial charge < -0.3 is 76.5 Å². The third-order valence-corrected chi connectivity index (χ3v) is 29.0. The van der Waals surface area contributed by atoms with Gasteiger partial charge in [-0.05, 0) is 381 Å². The standard InChI is InChI=1S/2C32H33FO5.2C31H31FO5/c2*1-35-25-9-11-31(33)30(18-25)27-10-6-21(16-29(27)23-12-14-37-15-13-23)20-38-26-5-3-4-24(17-26)28(22-7-8-22)19-32(34)36-2;2*1-35-24-8-10-30(32)29(17-24)26-9-5-20(15-28(26)22-11-13-36-14-12-22)19-37-25-4-2-3-23(16-25)27(18-31(33)34)21-6-7-21/h2*3-6,9-12,16-18,22,28H,7-8,13-15,19-20H2,1-2H3;2*2-5,8-11,15-17,21,27H,6-7,12-14,18-19H2,1H3,(H,33,34)/t2*28-;2*27-/m1010/s1. The van der Waals surface area contributed by atoms with Gasteiger partial charge in [-0.3, -0.25) is 19.2 Å². The Kier molecular flexibility index (Phi) is 36.7. The van der Waals surface area contributed by atoms with Gasteiger partial charge in [0.05, 0.1) is 121 Å². The Morgan fingerprint density at radius 2 is 0.507 bits per heavy atom. The highest BCUT2D eigenvalue weighted by molar-refractivity contribution is 5.87. The number of rotatable bonds is 40. The smallest absolute Gasteiger partial charge is 0.306 e. The lowest BCUT2D eigenvalue weighted by Crippen LogP contribution is -2.10. The molecule has 8 aliphatic rings. The SMILES string of the molecule is COC(=O)C[C@@H](c1cccc(OCc2ccc(-c3cc(OC)ccc3F)c(C3=CCOCC3)c2)c1)C1CC1.COC(=O)C[C@H](c1cccc(OCc2ccc(-c3cc(OC)ccc3F)c(C3=CCOCC3)c2)c1)C1CC1.COc1ccc(F)c(-c2ccc(COc3cccc([C@@H](CC(=O)O)C4CC4)c3)cc2C2=CCOCC2)c1.COc1ccc(F)c(-c2ccc(COc3cccc([C@H](CC(=O)O)C4CC4)c3)cc2C2=CCOCC2)c1. The Hall–Kier alpha value is -14.6. The van der Waals surface area contributed by atoms with Gasteiger partial charge in [-0.2, -0.15) is 0 Å². The monoisotopic (exact) mass is 2040 g/mol. The van der Waals surface area contributed by atoms with Crippen LogP contribution in [0, 0.1) is 46.9 Å². The molecule has 4 aliphatic heterocycles. The first-order chi connectivity index (χ1) is 73.1. The Morgan fingerprint density at radius 3 is 0.707 bits per heavy atom. The van der Waals surface area contributed by atoms with Gasteiger partial charge in [-0.1, -0.05) is 121 Å². The van der Waals surface area contributed by atoms with E-state index in [4.69, 9.17) is 66.3 Å². The van der Waals surface area contributed by atoms with Crippen molar-refractivity contribution in [3.8, 4) is 90.5 Å². The fourth-order valence-corrected chi connectivity index (χ4v) is 20.3.